The Labute approximate surface area is 109 Å². The highest BCUT2D eigenvalue weighted by atomic mass is 15.4. The zero-order chi connectivity index (χ0) is 12.5. The Bertz CT molecular complexity index is 412. The maximum Gasteiger partial charge on any atom is 0.168 e. The van der Waals surface area contributed by atoms with Crippen LogP contribution in [-0.2, 0) is 13.0 Å². The lowest BCUT2D eigenvalue weighted by atomic mass is 10.0. The van der Waals surface area contributed by atoms with Gasteiger partial charge in [-0.2, -0.15) is 5.10 Å². The van der Waals surface area contributed by atoms with E-state index in [0.29, 0.717) is 6.04 Å². The van der Waals surface area contributed by atoms with Gasteiger partial charge in [-0.25, -0.2) is 9.67 Å². The molecule has 100 valence electrons. The lowest BCUT2D eigenvalue weighted by Crippen LogP contribution is -2.33. The van der Waals surface area contributed by atoms with Crippen molar-refractivity contribution >= 4 is 0 Å². The maximum atomic E-state index is 4.83. The van der Waals surface area contributed by atoms with E-state index in [9.17, 15) is 0 Å². The Hall–Kier alpha value is -0.900. The second-order valence-corrected chi connectivity index (χ2v) is 5.85. The van der Waals surface area contributed by atoms with Crippen LogP contribution in [0.4, 0.5) is 0 Å². The number of rotatable bonds is 2. The molecular formula is C14H24N4. The molecule has 3 rings (SSSR count). The van der Waals surface area contributed by atoms with Crippen molar-refractivity contribution in [2.24, 2.45) is 5.92 Å². The van der Waals surface area contributed by atoms with Gasteiger partial charge in [-0.05, 0) is 38.3 Å². The van der Waals surface area contributed by atoms with Crippen LogP contribution in [0.2, 0.25) is 0 Å². The predicted octanol–water partition coefficient (Wildman–Crippen LogP) is 2.41. The largest absolute Gasteiger partial charge is 0.294 e. The van der Waals surface area contributed by atoms with Crippen molar-refractivity contribution in [3.05, 3.63) is 11.6 Å². The fourth-order valence-corrected chi connectivity index (χ4v) is 3.28. The quantitative estimate of drug-likeness (QED) is 0.806. The molecule has 0 radical (unpaired) electrons. The Morgan fingerprint density at radius 3 is 2.94 bits per heavy atom. The van der Waals surface area contributed by atoms with E-state index in [1.807, 2.05) is 0 Å². The fourth-order valence-electron chi connectivity index (χ4n) is 3.28. The zero-order valence-corrected chi connectivity index (χ0v) is 11.6. The molecule has 4 nitrogen and oxygen atoms in total. The molecule has 3 heterocycles. The first kappa shape index (κ1) is 12.2. The molecule has 2 unspecified atom stereocenters. The summed E-state index contributed by atoms with van der Waals surface area (Å²) in [6.07, 6.45) is 6.23. The third-order valence-electron chi connectivity index (χ3n) is 4.45. The molecule has 1 aromatic rings. The third kappa shape index (κ3) is 2.18. The average molecular weight is 248 g/mol. The SMILES string of the molecule is CCN1CCCCC1c1nc2n(n1)CCC(C)C2. The highest BCUT2D eigenvalue weighted by molar-refractivity contribution is 5.02. The van der Waals surface area contributed by atoms with Crippen molar-refractivity contribution < 1.29 is 0 Å². The van der Waals surface area contributed by atoms with Crippen molar-refractivity contribution in [1.29, 1.82) is 0 Å². The minimum atomic E-state index is 0.470. The van der Waals surface area contributed by atoms with Crippen molar-refractivity contribution in [2.75, 3.05) is 13.1 Å². The summed E-state index contributed by atoms with van der Waals surface area (Å²) in [5.74, 6) is 3.06. The van der Waals surface area contributed by atoms with Crippen LogP contribution in [0.3, 0.4) is 0 Å². The third-order valence-corrected chi connectivity index (χ3v) is 4.45. The first-order chi connectivity index (χ1) is 8.78. The lowest BCUT2D eigenvalue weighted by molar-refractivity contribution is 0.150. The number of aryl methyl sites for hydroxylation is 1. The van der Waals surface area contributed by atoms with Crippen LogP contribution in [0.1, 0.15) is 57.2 Å². The maximum absolute atomic E-state index is 4.83. The summed E-state index contributed by atoms with van der Waals surface area (Å²) < 4.78 is 2.15. The average Bonchev–Trinajstić information content (AvgIpc) is 2.81. The molecule has 2 aliphatic rings. The van der Waals surface area contributed by atoms with Crippen LogP contribution >= 0.6 is 0 Å². The molecule has 0 aliphatic carbocycles. The molecule has 0 amide bonds. The van der Waals surface area contributed by atoms with Crippen molar-refractivity contribution in [1.82, 2.24) is 19.7 Å². The predicted molar refractivity (Wildman–Crippen MR) is 71.3 cm³/mol. The Kier molecular flexibility index (Phi) is 3.37. The summed E-state index contributed by atoms with van der Waals surface area (Å²) in [5.41, 5.74) is 0. The molecule has 4 heteroatoms. The molecule has 2 aliphatic heterocycles. The monoisotopic (exact) mass is 248 g/mol. The molecule has 0 spiro atoms. The second kappa shape index (κ2) is 5.00. The van der Waals surface area contributed by atoms with Crippen molar-refractivity contribution in [3.63, 3.8) is 0 Å². The van der Waals surface area contributed by atoms with E-state index in [0.717, 1.165) is 31.3 Å². The summed E-state index contributed by atoms with van der Waals surface area (Å²) in [4.78, 5) is 7.37. The van der Waals surface area contributed by atoms with Gasteiger partial charge in [0.1, 0.15) is 5.82 Å². The standard InChI is InChI=1S/C14H24N4/c1-3-17-8-5-4-6-12(17)14-15-13-10-11(2)7-9-18(13)16-14/h11-12H,3-10H2,1-2H3. The number of aromatic nitrogens is 3. The fraction of sp³-hybridized carbons (Fsp3) is 0.857. The molecule has 2 atom stereocenters. The zero-order valence-electron chi connectivity index (χ0n) is 11.6. The van der Waals surface area contributed by atoms with Crippen LogP contribution in [0, 0.1) is 5.92 Å². The number of likely N-dealkylation sites (tertiary alicyclic amines) is 1. The molecule has 0 bridgehead atoms. The number of hydrogen-bond donors (Lipinski definition) is 0. The van der Waals surface area contributed by atoms with E-state index in [-0.39, 0.29) is 0 Å². The first-order valence-electron chi connectivity index (χ1n) is 7.45. The van der Waals surface area contributed by atoms with Gasteiger partial charge in [-0.3, -0.25) is 4.90 Å². The molecule has 1 saturated heterocycles. The smallest absolute Gasteiger partial charge is 0.168 e. The van der Waals surface area contributed by atoms with Gasteiger partial charge in [-0.15, -0.1) is 0 Å². The minimum absolute atomic E-state index is 0.470. The van der Waals surface area contributed by atoms with E-state index >= 15 is 0 Å². The lowest BCUT2D eigenvalue weighted by Gasteiger charge is -2.32. The van der Waals surface area contributed by atoms with Gasteiger partial charge in [-0.1, -0.05) is 20.3 Å². The van der Waals surface area contributed by atoms with Gasteiger partial charge in [0, 0.05) is 13.0 Å². The summed E-state index contributed by atoms with van der Waals surface area (Å²) in [6, 6.07) is 0.470. The molecule has 1 fully saturated rings. The van der Waals surface area contributed by atoms with Gasteiger partial charge in [0.2, 0.25) is 0 Å². The van der Waals surface area contributed by atoms with Gasteiger partial charge in [0.15, 0.2) is 5.82 Å². The summed E-state index contributed by atoms with van der Waals surface area (Å²) in [7, 11) is 0. The van der Waals surface area contributed by atoms with Gasteiger partial charge in [0.05, 0.1) is 6.04 Å². The van der Waals surface area contributed by atoms with Crippen LogP contribution in [0.15, 0.2) is 0 Å². The van der Waals surface area contributed by atoms with Crippen molar-refractivity contribution in [2.45, 2.75) is 58.5 Å². The Balaban J connectivity index is 1.83. The van der Waals surface area contributed by atoms with E-state index in [4.69, 9.17) is 10.1 Å². The molecular weight excluding hydrogens is 224 g/mol. The van der Waals surface area contributed by atoms with Gasteiger partial charge < -0.3 is 0 Å². The normalized spacial score (nSPS) is 29.2. The Morgan fingerprint density at radius 2 is 2.11 bits per heavy atom. The van der Waals surface area contributed by atoms with Crippen LogP contribution in [0.5, 0.6) is 0 Å². The minimum Gasteiger partial charge on any atom is -0.294 e. The highest BCUT2D eigenvalue weighted by Crippen LogP contribution is 2.29. The van der Waals surface area contributed by atoms with Crippen LogP contribution in [-0.4, -0.2) is 32.8 Å². The molecule has 0 N–H and O–H groups in total. The molecule has 1 aromatic heterocycles. The van der Waals surface area contributed by atoms with E-state index in [1.54, 1.807) is 0 Å². The van der Waals surface area contributed by atoms with Gasteiger partial charge >= 0.3 is 0 Å². The number of piperidine rings is 1. The van der Waals surface area contributed by atoms with Crippen molar-refractivity contribution in [3.8, 4) is 0 Å². The van der Waals surface area contributed by atoms with Gasteiger partial charge in [0.25, 0.3) is 0 Å². The van der Waals surface area contributed by atoms with Crippen LogP contribution in [0.25, 0.3) is 0 Å². The molecule has 0 saturated carbocycles. The summed E-state index contributed by atoms with van der Waals surface area (Å²) in [6.45, 7) is 7.95. The number of hydrogen-bond acceptors (Lipinski definition) is 3. The van der Waals surface area contributed by atoms with E-state index < -0.39 is 0 Å². The summed E-state index contributed by atoms with van der Waals surface area (Å²) >= 11 is 0. The summed E-state index contributed by atoms with van der Waals surface area (Å²) in [5, 5.41) is 4.77. The highest BCUT2D eigenvalue weighted by Gasteiger charge is 2.28. The molecule has 18 heavy (non-hydrogen) atoms. The Morgan fingerprint density at radius 1 is 1.22 bits per heavy atom. The first-order valence-corrected chi connectivity index (χ1v) is 7.45. The number of fused-ring (bicyclic) bond motifs is 1. The van der Waals surface area contributed by atoms with E-state index in [2.05, 4.69) is 23.4 Å². The molecule has 0 aromatic carbocycles. The van der Waals surface area contributed by atoms with Crippen LogP contribution < -0.4 is 0 Å². The van der Waals surface area contributed by atoms with E-state index in [1.165, 1.54) is 38.1 Å². The number of nitrogens with zero attached hydrogens (tertiary/aromatic N) is 4. The topological polar surface area (TPSA) is 34.0 Å². The second-order valence-electron chi connectivity index (χ2n) is 5.85.